The first kappa shape index (κ1) is 26.8. The second-order valence-electron chi connectivity index (χ2n) is 8.34. The molecule has 2 N–H and O–H groups in total. The maximum Gasteiger partial charge on any atom is 0.408 e. The van der Waals surface area contributed by atoms with Crippen LogP contribution in [-0.4, -0.2) is 51.3 Å². The molecule has 1 saturated heterocycles. The predicted molar refractivity (Wildman–Crippen MR) is 128 cm³/mol. The van der Waals surface area contributed by atoms with E-state index in [4.69, 9.17) is 23.2 Å². The summed E-state index contributed by atoms with van der Waals surface area (Å²) < 4.78 is 54.7. The minimum atomic E-state index is -4.76. The van der Waals surface area contributed by atoms with Crippen LogP contribution in [-0.2, 0) is 4.79 Å². The Kier molecular flexibility index (Phi) is 7.19. The first-order chi connectivity index (χ1) is 17.3. The van der Waals surface area contributed by atoms with Gasteiger partial charge in [0, 0.05) is 6.20 Å². The fraction of sp³-hybridized carbons (Fsp3) is 0.304. The fourth-order valence-electron chi connectivity index (χ4n) is 4.00. The number of aliphatic hydroxyl groups excluding tert-OH is 1. The van der Waals surface area contributed by atoms with Crippen LogP contribution in [0.5, 0.6) is 0 Å². The van der Waals surface area contributed by atoms with Crippen molar-refractivity contribution in [2.75, 3.05) is 11.4 Å². The molecule has 37 heavy (non-hydrogen) atoms. The molecule has 2 atom stereocenters. The van der Waals surface area contributed by atoms with Gasteiger partial charge < -0.3 is 10.4 Å². The molecule has 0 saturated carbocycles. The van der Waals surface area contributed by atoms with Gasteiger partial charge in [-0.05, 0) is 30.7 Å². The molecule has 8 nitrogen and oxygen atoms in total. The number of aliphatic hydroxyl groups is 1. The van der Waals surface area contributed by atoms with Crippen molar-refractivity contribution in [3.8, 4) is 5.69 Å². The van der Waals surface area contributed by atoms with E-state index in [1.807, 2.05) is 5.32 Å². The number of fused-ring (bicyclic) bond motifs is 1. The van der Waals surface area contributed by atoms with Crippen LogP contribution in [0, 0.1) is 5.82 Å². The number of rotatable bonds is 5. The Bertz CT molecular complexity index is 1450. The SMILES string of the molecule is CC[C@@H](NC(=O)c1cn(-c2c(Cl)cc(F)cc2Cl)c2nc(N3C[C@@H](O)CC3=O)ccc2c1=O)C(F)(F)F. The van der Waals surface area contributed by atoms with E-state index in [1.54, 1.807) is 0 Å². The number of nitrogens with zero attached hydrogens (tertiary/aromatic N) is 3. The van der Waals surface area contributed by atoms with Crippen molar-refractivity contribution in [3.63, 3.8) is 0 Å². The monoisotopic (exact) mass is 560 g/mol. The van der Waals surface area contributed by atoms with Crippen LogP contribution in [0.3, 0.4) is 0 Å². The number of anilines is 1. The molecule has 0 aliphatic carbocycles. The van der Waals surface area contributed by atoms with Gasteiger partial charge in [0.25, 0.3) is 5.91 Å². The van der Waals surface area contributed by atoms with E-state index in [9.17, 15) is 37.1 Å². The lowest BCUT2D eigenvalue weighted by Gasteiger charge is -2.21. The highest BCUT2D eigenvalue weighted by Crippen LogP contribution is 2.33. The predicted octanol–water partition coefficient (Wildman–Crippen LogP) is 4.00. The van der Waals surface area contributed by atoms with Crippen molar-refractivity contribution in [1.29, 1.82) is 0 Å². The Hall–Kier alpha value is -3.22. The molecule has 1 aromatic carbocycles. The third-order valence-electron chi connectivity index (χ3n) is 5.79. The van der Waals surface area contributed by atoms with Crippen LogP contribution in [0.15, 0.2) is 35.3 Å². The van der Waals surface area contributed by atoms with E-state index in [0.29, 0.717) is 0 Å². The fourth-order valence-corrected chi connectivity index (χ4v) is 4.64. The summed E-state index contributed by atoms with van der Waals surface area (Å²) in [4.78, 5) is 43.8. The molecular weight excluding hydrogens is 543 g/mol. The summed E-state index contributed by atoms with van der Waals surface area (Å²) in [6, 6.07) is 2.14. The van der Waals surface area contributed by atoms with Crippen molar-refractivity contribution in [3.05, 3.63) is 62.1 Å². The Labute approximate surface area is 216 Å². The number of alkyl halides is 3. The minimum Gasteiger partial charge on any atom is -0.391 e. The Morgan fingerprint density at radius 2 is 1.89 bits per heavy atom. The van der Waals surface area contributed by atoms with Gasteiger partial charge in [0.05, 0.1) is 40.2 Å². The van der Waals surface area contributed by atoms with Gasteiger partial charge in [0.15, 0.2) is 5.65 Å². The highest BCUT2D eigenvalue weighted by atomic mass is 35.5. The molecule has 0 radical (unpaired) electrons. The van der Waals surface area contributed by atoms with Crippen molar-refractivity contribution < 1.29 is 32.3 Å². The van der Waals surface area contributed by atoms with E-state index in [-0.39, 0.29) is 45.5 Å². The van der Waals surface area contributed by atoms with Crippen molar-refractivity contribution in [1.82, 2.24) is 14.9 Å². The van der Waals surface area contributed by atoms with E-state index in [0.717, 1.165) is 22.9 Å². The molecule has 3 aromatic rings. The van der Waals surface area contributed by atoms with Crippen LogP contribution in [0.1, 0.15) is 30.1 Å². The normalized spacial score (nSPS) is 16.9. The molecular formula is C23H18Cl2F4N4O4. The third kappa shape index (κ3) is 5.13. The zero-order valence-corrected chi connectivity index (χ0v) is 20.5. The van der Waals surface area contributed by atoms with Crippen LogP contribution in [0.4, 0.5) is 23.4 Å². The molecule has 0 spiro atoms. The number of aromatic nitrogens is 2. The number of halogens is 6. The highest BCUT2D eigenvalue weighted by molar-refractivity contribution is 6.37. The van der Waals surface area contributed by atoms with Crippen LogP contribution >= 0.6 is 23.2 Å². The smallest absolute Gasteiger partial charge is 0.391 e. The van der Waals surface area contributed by atoms with Crippen LogP contribution in [0.25, 0.3) is 16.7 Å². The van der Waals surface area contributed by atoms with Gasteiger partial charge in [-0.2, -0.15) is 13.2 Å². The maximum atomic E-state index is 13.9. The largest absolute Gasteiger partial charge is 0.408 e. The average molecular weight is 561 g/mol. The van der Waals surface area contributed by atoms with Gasteiger partial charge in [-0.1, -0.05) is 30.1 Å². The molecule has 1 fully saturated rings. The first-order valence-corrected chi connectivity index (χ1v) is 11.6. The van der Waals surface area contributed by atoms with E-state index in [2.05, 4.69) is 4.98 Å². The number of hydrogen-bond acceptors (Lipinski definition) is 5. The van der Waals surface area contributed by atoms with E-state index < -0.39 is 53.4 Å². The van der Waals surface area contributed by atoms with E-state index >= 15 is 0 Å². The van der Waals surface area contributed by atoms with Gasteiger partial charge in [-0.3, -0.25) is 23.9 Å². The number of benzene rings is 1. The molecule has 196 valence electrons. The Morgan fingerprint density at radius 1 is 1.24 bits per heavy atom. The van der Waals surface area contributed by atoms with E-state index in [1.165, 1.54) is 24.0 Å². The standard InChI is InChI=1S/C23H18Cl2F4N4O4/c1-2-16(23(27,28)29)30-22(37)13-9-33(19-14(24)5-10(26)6-15(19)25)21-12(20(13)36)3-4-17(31-21)32-8-11(34)7-18(32)35/h3-6,9,11,16,34H,2,7-8H2,1H3,(H,30,37)/t11-,16+/m0/s1. The molecule has 1 aliphatic heterocycles. The summed E-state index contributed by atoms with van der Waals surface area (Å²) in [5.74, 6) is -2.47. The number of carbonyl (C=O) groups is 2. The summed E-state index contributed by atoms with van der Waals surface area (Å²) in [5, 5.41) is 10.9. The molecule has 2 amide bonds. The van der Waals surface area contributed by atoms with Crippen LogP contribution < -0.4 is 15.6 Å². The summed E-state index contributed by atoms with van der Waals surface area (Å²) >= 11 is 12.4. The van der Waals surface area contributed by atoms with Gasteiger partial charge in [0.1, 0.15) is 23.2 Å². The lowest BCUT2D eigenvalue weighted by Crippen LogP contribution is -2.46. The van der Waals surface area contributed by atoms with Crippen LogP contribution in [0.2, 0.25) is 10.0 Å². The number of β-amino-alcohol motifs (C(OH)–C–C–N with tert-alkyl or cyclic N) is 1. The quantitative estimate of drug-likeness (QED) is 0.459. The number of carbonyl (C=O) groups excluding carboxylic acids is 2. The molecule has 4 rings (SSSR count). The molecule has 0 bridgehead atoms. The summed E-state index contributed by atoms with van der Waals surface area (Å²) in [6.07, 6.45) is -5.40. The summed E-state index contributed by atoms with van der Waals surface area (Å²) in [5.41, 5.74) is -1.88. The average Bonchev–Trinajstić information content (AvgIpc) is 3.14. The second kappa shape index (κ2) is 9.92. The van der Waals surface area contributed by atoms with Gasteiger partial charge in [-0.15, -0.1) is 0 Å². The minimum absolute atomic E-state index is 0.0527. The second-order valence-corrected chi connectivity index (χ2v) is 9.15. The number of pyridine rings is 2. The van der Waals surface area contributed by atoms with Crippen molar-refractivity contribution in [2.45, 2.75) is 38.1 Å². The highest BCUT2D eigenvalue weighted by Gasteiger charge is 2.40. The number of nitrogens with one attached hydrogen (secondary N) is 1. The Morgan fingerprint density at radius 3 is 2.43 bits per heavy atom. The molecule has 1 aliphatic rings. The number of amides is 2. The summed E-state index contributed by atoms with van der Waals surface area (Å²) in [7, 11) is 0. The molecule has 14 heteroatoms. The lowest BCUT2D eigenvalue weighted by molar-refractivity contribution is -0.153. The zero-order valence-electron chi connectivity index (χ0n) is 18.9. The number of hydrogen-bond donors (Lipinski definition) is 2. The summed E-state index contributed by atoms with van der Waals surface area (Å²) in [6.45, 7) is 1.16. The van der Waals surface area contributed by atoms with Gasteiger partial charge in [0.2, 0.25) is 11.3 Å². The first-order valence-electron chi connectivity index (χ1n) is 10.9. The van der Waals surface area contributed by atoms with Gasteiger partial charge >= 0.3 is 6.18 Å². The Balaban J connectivity index is 1.96. The molecule has 3 heterocycles. The van der Waals surface area contributed by atoms with Crippen molar-refractivity contribution in [2.24, 2.45) is 0 Å². The topological polar surface area (TPSA) is 105 Å². The molecule has 0 unspecified atom stereocenters. The maximum absolute atomic E-state index is 13.9. The third-order valence-corrected chi connectivity index (χ3v) is 6.37. The van der Waals surface area contributed by atoms with Gasteiger partial charge in [-0.25, -0.2) is 9.37 Å². The lowest BCUT2D eigenvalue weighted by atomic mass is 10.1. The zero-order chi connectivity index (χ0) is 27.2. The molecule has 2 aromatic heterocycles. The van der Waals surface area contributed by atoms with Crippen molar-refractivity contribution >= 4 is 51.9 Å².